The molecule has 0 bridgehead atoms. The summed E-state index contributed by atoms with van der Waals surface area (Å²) in [4.78, 5) is 23.4. The van der Waals surface area contributed by atoms with Gasteiger partial charge in [0.05, 0.1) is 17.9 Å². The smallest absolute Gasteiger partial charge is 0.343 e. The van der Waals surface area contributed by atoms with Gasteiger partial charge in [0.15, 0.2) is 10.9 Å². The van der Waals surface area contributed by atoms with Crippen LogP contribution in [0.3, 0.4) is 0 Å². The van der Waals surface area contributed by atoms with Crippen LogP contribution in [0.25, 0.3) is 0 Å². The average molecular weight is 293 g/mol. The summed E-state index contributed by atoms with van der Waals surface area (Å²) < 4.78 is 6.80. The highest BCUT2D eigenvalue weighted by molar-refractivity contribution is 7.99. The van der Waals surface area contributed by atoms with Crippen LogP contribution in [0, 0.1) is 0 Å². The normalized spacial score (nSPS) is 10.5. The van der Waals surface area contributed by atoms with E-state index in [0.717, 1.165) is 0 Å². The quantitative estimate of drug-likeness (QED) is 0.645. The van der Waals surface area contributed by atoms with Gasteiger partial charge in [0.1, 0.15) is 5.75 Å². The minimum absolute atomic E-state index is 0.0606. The van der Waals surface area contributed by atoms with E-state index < -0.39 is 0 Å². The first-order valence-electron chi connectivity index (χ1n) is 6.12. The van der Waals surface area contributed by atoms with E-state index in [1.165, 1.54) is 16.3 Å². The zero-order valence-corrected chi connectivity index (χ0v) is 12.1. The van der Waals surface area contributed by atoms with Crippen molar-refractivity contribution in [1.29, 1.82) is 0 Å². The van der Waals surface area contributed by atoms with Crippen molar-refractivity contribution in [2.24, 2.45) is 7.05 Å². The number of hydrogen-bond donors (Lipinski definition) is 1. The number of nitrogens with one attached hydrogen (secondary N) is 1. The van der Waals surface area contributed by atoms with Gasteiger partial charge in [-0.25, -0.2) is 9.89 Å². The van der Waals surface area contributed by atoms with Gasteiger partial charge < -0.3 is 4.74 Å². The Labute approximate surface area is 120 Å². The summed E-state index contributed by atoms with van der Waals surface area (Å²) in [6, 6.07) is 7.13. The molecule has 1 aromatic carbocycles. The lowest BCUT2D eigenvalue weighted by molar-refractivity contribution is 0.101. The van der Waals surface area contributed by atoms with Crippen LogP contribution >= 0.6 is 11.8 Å². The Morgan fingerprint density at radius 2 is 2.20 bits per heavy atom. The van der Waals surface area contributed by atoms with E-state index in [9.17, 15) is 9.59 Å². The minimum atomic E-state index is -0.297. The number of rotatable bonds is 6. The monoisotopic (exact) mass is 293 g/mol. The highest BCUT2D eigenvalue weighted by atomic mass is 32.2. The molecule has 0 radical (unpaired) electrons. The van der Waals surface area contributed by atoms with Crippen LogP contribution in [0.2, 0.25) is 0 Å². The second-order valence-corrected chi connectivity index (χ2v) is 4.95. The maximum Gasteiger partial charge on any atom is 0.343 e. The molecule has 0 spiro atoms. The van der Waals surface area contributed by atoms with Gasteiger partial charge in [-0.05, 0) is 19.1 Å². The molecule has 6 nitrogen and oxygen atoms in total. The van der Waals surface area contributed by atoms with Crippen LogP contribution in [0.5, 0.6) is 5.75 Å². The SMILES string of the molecule is CCOc1ccccc1C(=O)CSc1n[nH]c(=O)n1C. The number of carbonyl (C=O) groups excluding carboxylic acids is 1. The predicted molar refractivity (Wildman–Crippen MR) is 76.5 cm³/mol. The van der Waals surface area contributed by atoms with Crippen molar-refractivity contribution in [2.75, 3.05) is 12.4 Å². The standard InChI is InChI=1S/C13H15N3O3S/c1-3-19-11-7-5-4-6-9(11)10(17)8-20-13-15-14-12(18)16(13)2/h4-7H,3,8H2,1-2H3,(H,14,18). The first-order valence-corrected chi connectivity index (χ1v) is 7.11. The molecule has 0 aliphatic carbocycles. The maximum absolute atomic E-state index is 12.2. The van der Waals surface area contributed by atoms with E-state index in [1.807, 2.05) is 13.0 Å². The molecule has 2 rings (SSSR count). The molecule has 0 aliphatic heterocycles. The van der Waals surface area contributed by atoms with Crippen LogP contribution < -0.4 is 10.4 Å². The number of hydrogen-bond acceptors (Lipinski definition) is 5. The fraction of sp³-hybridized carbons (Fsp3) is 0.308. The van der Waals surface area contributed by atoms with Crippen molar-refractivity contribution >= 4 is 17.5 Å². The number of Topliss-reactive ketones (excluding diaryl/α,β-unsaturated/α-hetero) is 1. The number of nitrogens with zero attached hydrogens (tertiary/aromatic N) is 2. The van der Waals surface area contributed by atoms with Crippen LogP contribution in [0.1, 0.15) is 17.3 Å². The van der Waals surface area contributed by atoms with Gasteiger partial charge in [-0.1, -0.05) is 23.9 Å². The Morgan fingerprint density at radius 3 is 2.85 bits per heavy atom. The van der Waals surface area contributed by atoms with Gasteiger partial charge in [-0.15, -0.1) is 5.10 Å². The molecule has 2 aromatic rings. The van der Waals surface area contributed by atoms with Gasteiger partial charge in [-0.2, -0.15) is 0 Å². The summed E-state index contributed by atoms with van der Waals surface area (Å²) in [5.41, 5.74) is 0.247. The van der Waals surface area contributed by atoms with Crippen molar-refractivity contribution in [1.82, 2.24) is 14.8 Å². The van der Waals surface area contributed by atoms with Crippen molar-refractivity contribution in [3.05, 3.63) is 40.3 Å². The van der Waals surface area contributed by atoms with E-state index in [4.69, 9.17) is 4.74 Å². The Kier molecular flexibility index (Phi) is 4.62. The number of carbonyl (C=O) groups is 1. The lowest BCUT2D eigenvalue weighted by Crippen LogP contribution is -2.13. The van der Waals surface area contributed by atoms with Crippen LogP contribution in [0.15, 0.2) is 34.2 Å². The molecular weight excluding hydrogens is 278 g/mol. The number of ether oxygens (including phenoxy) is 1. The molecule has 7 heteroatoms. The molecule has 1 aromatic heterocycles. The second kappa shape index (κ2) is 6.42. The zero-order valence-electron chi connectivity index (χ0n) is 11.3. The van der Waals surface area contributed by atoms with Crippen LogP contribution in [-0.4, -0.2) is 32.9 Å². The van der Waals surface area contributed by atoms with Crippen molar-refractivity contribution in [3.63, 3.8) is 0 Å². The minimum Gasteiger partial charge on any atom is -0.493 e. The predicted octanol–water partition coefficient (Wildman–Crippen LogP) is 1.48. The summed E-state index contributed by atoms with van der Waals surface area (Å²) in [6.45, 7) is 2.38. The number of H-pyrrole nitrogens is 1. The third-order valence-corrected chi connectivity index (χ3v) is 3.69. The lowest BCUT2D eigenvalue weighted by Gasteiger charge is -2.08. The fourth-order valence-electron chi connectivity index (χ4n) is 1.65. The highest BCUT2D eigenvalue weighted by Gasteiger charge is 2.14. The van der Waals surface area contributed by atoms with Gasteiger partial charge in [0.2, 0.25) is 0 Å². The topological polar surface area (TPSA) is 77.0 Å². The zero-order chi connectivity index (χ0) is 14.5. The molecule has 20 heavy (non-hydrogen) atoms. The third-order valence-electron chi connectivity index (χ3n) is 2.66. The number of benzene rings is 1. The summed E-state index contributed by atoms with van der Waals surface area (Å²) in [5.74, 6) is 0.716. The van der Waals surface area contributed by atoms with Gasteiger partial charge in [0, 0.05) is 7.05 Å². The number of aromatic amines is 1. The van der Waals surface area contributed by atoms with Crippen molar-refractivity contribution in [3.8, 4) is 5.75 Å². The second-order valence-electron chi connectivity index (χ2n) is 4.01. The summed E-state index contributed by atoms with van der Waals surface area (Å²) in [6.07, 6.45) is 0. The summed E-state index contributed by atoms with van der Waals surface area (Å²) in [7, 11) is 1.60. The van der Waals surface area contributed by atoms with E-state index >= 15 is 0 Å². The van der Waals surface area contributed by atoms with Crippen LogP contribution in [-0.2, 0) is 7.05 Å². The molecule has 1 heterocycles. The van der Waals surface area contributed by atoms with Gasteiger partial charge in [0.25, 0.3) is 0 Å². The van der Waals surface area contributed by atoms with E-state index in [0.29, 0.717) is 23.1 Å². The number of para-hydroxylation sites is 1. The third kappa shape index (κ3) is 3.11. The molecule has 1 N–H and O–H groups in total. The Hall–Kier alpha value is -2.02. The molecule has 0 amide bonds. The largest absolute Gasteiger partial charge is 0.493 e. The first-order chi connectivity index (χ1) is 9.63. The van der Waals surface area contributed by atoms with E-state index in [-0.39, 0.29) is 17.2 Å². The first kappa shape index (κ1) is 14.4. The number of aromatic nitrogens is 3. The molecule has 0 unspecified atom stereocenters. The molecular formula is C13H15N3O3S. The highest BCUT2D eigenvalue weighted by Crippen LogP contribution is 2.21. The Morgan fingerprint density at radius 1 is 1.45 bits per heavy atom. The maximum atomic E-state index is 12.2. The molecule has 0 saturated carbocycles. The van der Waals surface area contributed by atoms with Crippen molar-refractivity contribution in [2.45, 2.75) is 12.1 Å². The fourth-order valence-corrected chi connectivity index (χ4v) is 2.45. The average Bonchev–Trinajstić information content (AvgIpc) is 2.77. The lowest BCUT2D eigenvalue weighted by atomic mass is 10.1. The van der Waals surface area contributed by atoms with Crippen LogP contribution in [0.4, 0.5) is 0 Å². The number of thioether (sulfide) groups is 1. The summed E-state index contributed by atoms with van der Waals surface area (Å²) >= 11 is 1.21. The molecule has 0 aliphatic rings. The molecule has 0 atom stereocenters. The van der Waals surface area contributed by atoms with E-state index in [1.54, 1.807) is 25.2 Å². The van der Waals surface area contributed by atoms with Gasteiger partial charge >= 0.3 is 5.69 Å². The molecule has 106 valence electrons. The van der Waals surface area contributed by atoms with Crippen molar-refractivity contribution < 1.29 is 9.53 Å². The van der Waals surface area contributed by atoms with E-state index in [2.05, 4.69) is 10.2 Å². The Balaban J connectivity index is 2.09. The summed E-state index contributed by atoms with van der Waals surface area (Å²) in [5, 5.41) is 6.66. The molecule has 0 saturated heterocycles. The van der Waals surface area contributed by atoms with Gasteiger partial charge in [-0.3, -0.25) is 9.36 Å². The Bertz CT molecular complexity index is 663. The molecule has 0 fully saturated rings. The number of ketones is 1.